The minimum Gasteiger partial charge on any atom is -0.369 e. The van der Waals surface area contributed by atoms with Gasteiger partial charge in [-0.1, -0.05) is 91.0 Å². The Hall–Kier alpha value is -3.93. The van der Waals surface area contributed by atoms with E-state index in [1.54, 1.807) is 4.90 Å². The lowest BCUT2D eigenvalue weighted by Gasteiger charge is -2.34. The minimum absolute atomic E-state index is 0.134. The average Bonchev–Trinajstić information content (AvgIpc) is 2.90. The van der Waals surface area contributed by atoms with Gasteiger partial charge in [0, 0.05) is 25.4 Å². The highest BCUT2D eigenvalue weighted by molar-refractivity contribution is 5.92. The molecule has 0 aliphatic carbocycles. The van der Waals surface area contributed by atoms with E-state index in [1.165, 1.54) is 0 Å². The lowest BCUT2D eigenvalue weighted by atomic mass is 9.90. The molecule has 1 aliphatic rings. The van der Waals surface area contributed by atoms with Gasteiger partial charge in [-0.3, -0.25) is 14.4 Å². The Morgan fingerprint density at radius 3 is 1.77 bits per heavy atom. The monoisotopic (exact) mass is 469 g/mol. The number of carbonyl (C=O) groups is 3. The van der Waals surface area contributed by atoms with Crippen molar-refractivity contribution in [3.63, 3.8) is 0 Å². The SMILES string of the molecule is NC(=O)C1CCN(C(=O)C(Cc2ccccc2)NC(=O)C(c2ccccc2)c2ccccc2)CC1. The number of primary amides is 1. The molecular weight excluding hydrogens is 438 g/mol. The van der Waals surface area contributed by atoms with E-state index in [1.807, 2.05) is 91.0 Å². The Morgan fingerprint density at radius 1 is 0.800 bits per heavy atom. The van der Waals surface area contributed by atoms with Crippen molar-refractivity contribution in [2.24, 2.45) is 11.7 Å². The highest BCUT2D eigenvalue weighted by Crippen LogP contribution is 2.25. The molecule has 6 heteroatoms. The predicted octanol–water partition coefficient (Wildman–Crippen LogP) is 3.27. The molecule has 35 heavy (non-hydrogen) atoms. The normalized spacial score (nSPS) is 14.9. The van der Waals surface area contributed by atoms with E-state index in [-0.39, 0.29) is 23.6 Å². The van der Waals surface area contributed by atoms with Crippen LogP contribution in [-0.2, 0) is 20.8 Å². The van der Waals surface area contributed by atoms with Crippen LogP contribution in [0.4, 0.5) is 0 Å². The van der Waals surface area contributed by atoms with Crippen molar-refractivity contribution >= 4 is 17.7 Å². The third-order valence-corrected chi connectivity index (χ3v) is 6.63. The van der Waals surface area contributed by atoms with Crippen LogP contribution in [0.15, 0.2) is 91.0 Å². The number of hydrogen-bond donors (Lipinski definition) is 2. The number of carbonyl (C=O) groups excluding carboxylic acids is 3. The number of piperidine rings is 1. The lowest BCUT2D eigenvalue weighted by molar-refractivity contribution is -0.139. The topological polar surface area (TPSA) is 92.5 Å². The maximum Gasteiger partial charge on any atom is 0.245 e. The van der Waals surface area contributed by atoms with Crippen LogP contribution in [0.1, 0.15) is 35.4 Å². The van der Waals surface area contributed by atoms with Crippen LogP contribution in [0.25, 0.3) is 0 Å². The third kappa shape index (κ3) is 6.15. The van der Waals surface area contributed by atoms with E-state index in [0.717, 1.165) is 16.7 Å². The first kappa shape index (κ1) is 24.2. The minimum atomic E-state index is -0.718. The number of rotatable bonds is 8. The molecule has 0 radical (unpaired) electrons. The van der Waals surface area contributed by atoms with Crippen molar-refractivity contribution in [2.45, 2.75) is 31.2 Å². The molecule has 1 unspecified atom stereocenters. The molecule has 1 fully saturated rings. The number of benzene rings is 3. The highest BCUT2D eigenvalue weighted by Gasteiger charge is 2.33. The summed E-state index contributed by atoms with van der Waals surface area (Å²) in [5.41, 5.74) is 8.16. The fraction of sp³-hybridized carbons (Fsp3) is 0.276. The van der Waals surface area contributed by atoms with Gasteiger partial charge in [0.05, 0.1) is 5.92 Å². The molecule has 0 bridgehead atoms. The van der Waals surface area contributed by atoms with Gasteiger partial charge in [0.1, 0.15) is 6.04 Å². The van der Waals surface area contributed by atoms with Crippen LogP contribution in [0, 0.1) is 5.92 Å². The highest BCUT2D eigenvalue weighted by atomic mass is 16.2. The van der Waals surface area contributed by atoms with Gasteiger partial charge in [0.15, 0.2) is 0 Å². The van der Waals surface area contributed by atoms with Gasteiger partial charge in [-0.25, -0.2) is 0 Å². The van der Waals surface area contributed by atoms with Gasteiger partial charge in [-0.15, -0.1) is 0 Å². The van der Waals surface area contributed by atoms with Crippen LogP contribution in [0.2, 0.25) is 0 Å². The van der Waals surface area contributed by atoms with E-state index < -0.39 is 12.0 Å². The van der Waals surface area contributed by atoms with Gasteiger partial charge in [-0.05, 0) is 29.5 Å². The summed E-state index contributed by atoms with van der Waals surface area (Å²) in [7, 11) is 0. The number of hydrogen-bond acceptors (Lipinski definition) is 3. The van der Waals surface area contributed by atoms with Crippen LogP contribution in [0.5, 0.6) is 0 Å². The van der Waals surface area contributed by atoms with Crippen LogP contribution < -0.4 is 11.1 Å². The summed E-state index contributed by atoms with van der Waals surface area (Å²) >= 11 is 0. The average molecular weight is 470 g/mol. The molecule has 3 aromatic carbocycles. The molecule has 1 heterocycles. The van der Waals surface area contributed by atoms with Gasteiger partial charge < -0.3 is 16.0 Å². The van der Waals surface area contributed by atoms with E-state index >= 15 is 0 Å². The maximum atomic E-state index is 13.7. The molecule has 1 saturated heterocycles. The summed E-state index contributed by atoms with van der Waals surface area (Å²) < 4.78 is 0. The van der Waals surface area contributed by atoms with Crippen molar-refractivity contribution in [1.82, 2.24) is 10.2 Å². The molecule has 3 aromatic rings. The number of likely N-dealkylation sites (tertiary alicyclic amines) is 1. The van der Waals surface area contributed by atoms with Crippen LogP contribution >= 0.6 is 0 Å². The van der Waals surface area contributed by atoms with Crippen molar-refractivity contribution in [1.29, 1.82) is 0 Å². The summed E-state index contributed by atoms with van der Waals surface area (Å²) in [6, 6.07) is 28.2. The maximum absolute atomic E-state index is 13.7. The zero-order chi connectivity index (χ0) is 24.6. The zero-order valence-corrected chi connectivity index (χ0v) is 19.7. The first-order chi connectivity index (χ1) is 17.0. The molecule has 0 saturated carbocycles. The number of amides is 3. The van der Waals surface area contributed by atoms with E-state index in [9.17, 15) is 14.4 Å². The molecule has 1 aliphatic heterocycles. The number of nitrogens with two attached hydrogens (primary N) is 1. The third-order valence-electron chi connectivity index (χ3n) is 6.63. The largest absolute Gasteiger partial charge is 0.369 e. The van der Waals surface area contributed by atoms with E-state index in [4.69, 9.17) is 5.73 Å². The first-order valence-corrected chi connectivity index (χ1v) is 12.0. The van der Waals surface area contributed by atoms with Crippen LogP contribution in [0.3, 0.4) is 0 Å². The van der Waals surface area contributed by atoms with Gasteiger partial charge in [0.2, 0.25) is 17.7 Å². The molecule has 6 nitrogen and oxygen atoms in total. The quantitative estimate of drug-likeness (QED) is 0.530. The van der Waals surface area contributed by atoms with E-state index in [2.05, 4.69) is 5.32 Å². The Bertz CT molecular complexity index is 1090. The van der Waals surface area contributed by atoms with Crippen molar-refractivity contribution in [2.75, 3.05) is 13.1 Å². The number of nitrogens with zero attached hydrogens (tertiary/aromatic N) is 1. The van der Waals surface area contributed by atoms with Crippen molar-refractivity contribution in [3.05, 3.63) is 108 Å². The Morgan fingerprint density at radius 2 is 1.29 bits per heavy atom. The van der Waals surface area contributed by atoms with Gasteiger partial charge >= 0.3 is 0 Å². The molecule has 3 N–H and O–H groups in total. The summed E-state index contributed by atoms with van der Waals surface area (Å²) in [5.74, 6) is -1.42. The van der Waals surface area contributed by atoms with Crippen molar-refractivity contribution < 1.29 is 14.4 Å². The molecule has 4 rings (SSSR count). The molecule has 3 amide bonds. The van der Waals surface area contributed by atoms with Gasteiger partial charge in [0.25, 0.3) is 0 Å². The summed E-state index contributed by atoms with van der Waals surface area (Å²) in [5, 5.41) is 3.07. The van der Waals surface area contributed by atoms with Gasteiger partial charge in [-0.2, -0.15) is 0 Å². The second-order valence-corrected chi connectivity index (χ2v) is 9.01. The van der Waals surface area contributed by atoms with Crippen molar-refractivity contribution in [3.8, 4) is 0 Å². The molecule has 1 atom stereocenters. The summed E-state index contributed by atoms with van der Waals surface area (Å²) in [4.78, 5) is 40.6. The van der Waals surface area contributed by atoms with Crippen LogP contribution in [-0.4, -0.2) is 41.8 Å². The van der Waals surface area contributed by atoms with E-state index in [0.29, 0.717) is 32.4 Å². The number of nitrogens with one attached hydrogen (secondary N) is 1. The summed E-state index contributed by atoms with van der Waals surface area (Å²) in [6.45, 7) is 0.906. The zero-order valence-electron chi connectivity index (χ0n) is 19.7. The standard InChI is InChI=1S/C29H31N3O3/c30-27(33)24-16-18-32(19-17-24)29(35)25(20-21-10-4-1-5-11-21)31-28(34)26(22-12-6-2-7-13-22)23-14-8-3-9-15-23/h1-15,24-26H,16-20H2,(H2,30,33)(H,31,34). The second-order valence-electron chi connectivity index (χ2n) is 9.01. The summed E-state index contributed by atoms with van der Waals surface area (Å²) in [6.07, 6.45) is 1.48. The fourth-order valence-electron chi connectivity index (χ4n) is 4.70. The molecule has 0 spiro atoms. The predicted molar refractivity (Wildman–Crippen MR) is 135 cm³/mol. The Balaban J connectivity index is 1.58. The second kappa shape index (κ2) is 11.5. The molecular formula is C29H31N3O3. The Labute approximate surface area is 206 Å². The Kier molecular flexibility index (Phi) is 7.93. The first-order valence-electron chi connectivity index (χ1n) is 12.0. The smallest absolute Gasteiger partial charge is 0.245 e. The molecule has 0 aromatic heterocycles. The lowest BCUT2D eigenvalue weighted by Crippen LogP contribution is -2.53. The molecule has 180 valence electrons. The fourth-order valence-corrected chi connectivity index (χ4v) is 4.70.